The molecule has 136 valence electrons. The second-order valence-corrected chi connectivity index (χ2v) is 6.86. The minimum Gasteiger partial charge on any atom is -0.298 e. The van der Waals surface area contributed by atoms with E-state index in [0.717, 1.165) is 17.1 Å². The smallest absolute Gasteiger partial charge is 0.238 e. The fourth-order valence-corrected chi connectivity index (χ4v) is 3.60. The Morgan fingerprint density at radius 2 is 1.81 bits per heavy atom. The third kappa shape index (κ3) is 4.18. The van der Waals surface area contributed by atoms with Gasteiger partial charge in [-0.3, -0.25) is 14.3 Å². The molecule has 0 aliphatic heterocycles. The van der Waals surface area contributed by atoms with Crippen LogP contribution in [0.3, 0.4) is 0 Å². The fraction of sp³-hybridized carbons (Fsp3) is 0.200. The van der Waals surface area contributed by atoms with Crippen LogP contribution in [-0.4, -0.2) is 33.0 Å². The molecule has 6 nitrogen and oxygen atoms in total. The van der Waals surface area contributed by atoms with Gasteiger partial charge in [0.25, 0.3) is 0 Å². The second-order valence-electron chi connectivity index (χ2n) is 5.91. The average molecular weight is 377 g/mol. The molecule has 0 bridgehead atoms. The maximum Gasteiger partial charge on any atom is 0.238 e. The highest BCUT2D eigenvalue weighted by atomic mass is 32.2. The Labute approximate surface area is 162 Å². The van der Waals surface area contributed by atoms with Gasteiger partial charge in [0.2, 0.25) is 5.91 Å². The van der Waals surface area contributed by atoms with Gasteiger partial charge in [-0.15, -0.1) is 10.2 Å². The molecule has 0 unspecified atom stereocenters. The number of hydrogen-bond acceptors (Lipinski definition) is 5. The number of para-hydroxylation sites is 2. The van der Waals surface area contributed by atoms with Crippen LogP contribution in [0.1, 0.15) is 11.4 Å². The first-order chi connectivity index (χ1) is 13.1. The highest BCUT2D eigenvalue weighted by Gasteiger charge is 2.19. The van der Waals surface area contributed by atoms with E-state index in [9.17, 15) is 4.79 Å². The molecule has 3 rings (SSSR count). The van der Waals surface area contributed by atoms with Gasteiger partial charge < -0.3 is 0 Å². The molecule has 1 heterocycles. The van der Waals surface area contributed by atoms with Crippen molar-refractivity contribution in [2.45, 2.75) is 19.0 Å². The van der Waals surface area contributed by atoms with E-state index in [1.807, 2.05) is 73.0 Å². The monoisotopic (exact) mass is 377 g/mol. The molecule has 0 aliphatic carbocycles. The van der Waals surface area contributed by atoms with Crippen LogP contribution >= 0.6 is 11.8 Å². The number of rotatable bonds is 6. The summed E-state index contributed by atoms with van der Waals surface area (Å²) in [4.78, 5) is 14.2. The Morgan fingerprint density at radius 1 is 1.11 bits per heavy atom. The highest BCUT2D eigenvalue weighted by Crippen LogP contribution is 2.25. The lowest BCUT2D eigenvalue weighted by Gasteiger charge is -2.19. The van der Waals surface area contributed by atoms with Crippen LogP contribution < -0.4 is 4.90 Å². The molecule has 7 heteroatoms. The van der Waals surface area contributed by atoms with Gasteiger partial charge in [0.1, 0.15) is 12.4 Å². The molecule has 3 aromatic rings. The number of benzene rings is 2. The van der Waals surface area contributed by atoms with Crippen molar-refractivity contribution in [3.05, 3.63) is 66.0 Å². The minimum absolute atomic E-state index is 0.00686. The summed E-state index contributed by atoms with van der Waals surface area (Å²) in [5.74, 6) is 0.779. The molecule has 2 aromatic carbocycles. The van der Waals surface area contributed by atoms with Crippen LogP contribution in [0, 0.1) is 25.2 Å². The molecule has 1 amide bonds. The van der Waals surface area contributed by atoms with E-state index >= 15 is 0 Å². The van der Waals surface area contributed by atoms with Crippen molar-refractivity contribution >= 4 is 23.4 Å². The quantitative estimate of drug-likeness (QED) is 0.485. The van der Waals surface area contributed by atoms with Crippen LogP contribution in [0.15, 0.2) is 59.8 Å². The lowest BCUT2D eigenvalue weighted by molar-refractivity contribution is -0.116. The molecule has 1 aromatic heterocycles. The van der Waals surface area contributed by atoms with Crippen LogP contribution in [0.5, 0.6) is 0 Å². The molecular formula is C20H19N5OS. The number of nitrogens with zero attached hydrogens (tertiary/aromatic N) is 5. The zero-order chi connectivity index (χ0) is 19.2. The van der Waals surface area contributed by atoms with E-state index in [-0.39, 0.29) is 18.2 Å². The summed E-state index contributed by atoms with van der Waals surface area (Å²) in [6, 6.07) is 19.2. The maximum atomic E-state index is 12.7. The van der Waals surface area contributed by atoms with Gasteiger partial charge in [-0.05, 0) is 37.6 Å². The summed E-state index contributed by atoms with van der Waals surface area (Å²) in [5, 5.41) is 18.1. The molecule has 0 spiro atoms. The average Bonchev–Trinajstić information content (AvgIpc) is 3.05. The zero-order valence-corrected chi connectivity index (χ0v) is 16.0. The van der Waals surface area contributed by atoms with E-state index in [1.54, 1.807) is 0 Å². The number of aryl methyl sites for hydroxylation is 2. The Morgan fingerprint density at radius 3 is 2.52 bits per heavy atom. The summed E-state index contributed by atoms with van der Waals surface area (Å²) in [7, 11) is 0. The molecule has 0 saturated heterocycles. The molecule has 0 atom stereocenters. The topological polar surface area (TPSA) is 74.8 Å². The highest BCUT2D eigenvalue weighted by molar-refractivity contribution is 7.99. The van der Waals surface area contributed by atoms with Crippen LogP contribution in [0.25, 0.3) is 5.69 Å². The maximum absolute atomic E-state index is 12.7. The summed E-state index contributed by atoms with van der Waals surface area (Å²) >= 11 is 1.32. The fourth-order valence-electron chi connectivity index (χ4n) is 2.73. The van der Waals surface area contributed by atoms with Crippen molar-refractivity contribution in [1.29, 1.82) is 5.26 Å². The van der Waals surface area contributed by atoms with Crippen molar-refractivity contribution in [1.82, 2.24) is 14.8 Å². The van der Waals surface area contributed by atoms with E-state index in [1.165, 1.54) is 16.7 Å². The van der Waals surface area contributed by atoms with Gasteiger partial charge in [0.15, 0.2) is 5.16 Å². The first-order valence-electron chi connectivity index (χ1n) is 8.45. The van der Waals surface area contributed by atoms with Crippen molar-refractivity contribution < 1.29 is 4.79 Å². The number of amides is 1. The van der Waals surface area contributed by atoms with Gasteiger partial charge in [0, 0.05) is 5.69 Å². The first-order valence-corrected chi connectivity index (χ1v) is 9.43. The summed E-state index contributed by atoms with van der Waals surface area (Å²) in [6.45, 7) is 3.92. The van der Waals surface area contributed by atoms with Gasteiger partial charge in [-0.25, -0.2) is 0 Å². The van der Waals surface area contributed by atoms with Crippen molar-refractivity contribution in [3.8, 4) is 11.8 Å². The van der Waals surface area contributed by atoms with Crippen molar-refractivity contribution in [2.24, 2.45) is 0 Å². The van der Waals surface area contributed by atoms with E-state index in [2.05, 4.69) is 16.3 Å². The number of hydrogen-bond donors (Lipinski definition) is 0. The summed E-state index contributed by atoms with van der Waals surface area (Å²) in [6.07, 6.45) is 0. The zero-order valence-electron chi connectivity index (χ0n) is 15.2. The van der Waals surface area contributed by atoms with E-state index in [4.69, 9.17) is 5.26 Å². The van der Waals surface area contributed by atoms with Gasteiger partial charge in [0.05, 0.1) is 17.5 Å². The minimum atomic E-state index is -0.148. The van der Waals surface area contributed by atoms with Gasteiger partial charge in [-0.1, -0.05) is 48.2 Å². The number of carbonyl (C=O) groups is 1. The van der Waals surface area contributed by atoms with Crippen molar-refractivity contribution in [3.63, 3.8) is 0 Å². The Bertz CT molecular complexity index is 978. The number of aromatic nitrogens is 3. The normalized spacial score (nSPS) is 10.4. The number of nitriles is 1. The lowest BCUT2D eigenvalue weighted by atomic mass is 10.2. The summed E-state index contributed by atoms with van der Waals surface area (Å²) in [5.41, 5.74) is 2.80. The number of thioether (sulfide) groups is 1. The predicted molar refractivity (Wildman–Crippen MR) is 106 cm³/mol. The van der Waals surface area contributed by atoms with Crippen LogP contribution in [-0.2, 0) is 4.79 Å². The molecule has 0 radical (unpaired) electrons. The number of anilines is 1. The van der Waals surface area contributed by atoms with E-state index < -0.39 is 0 Å². The Balaban J connectivity index is 1.80. The largest absolute Gasteiger partial charge is 0.298 e. The van der Waals surface area contributed by atoms with Crippen LogP contribution in [0.2, 0.25) is 0 Å². The third-order valence-electron chi connectivity index (χ3n) is 4.07. The van der Waals surface area contributed by atoms with E-state index in [0.29, 0.717) is 10.8 Å². The molecule has 0 saturated carbocycles. The molecule has 27 heavy (non-hydrogen) atoms. The number of carbonyl (C=O) groups excluding carboxylic acids is 1. The SMILES string of the molecule is Cc1ccccc1-n1c(C)nnc1SCC(=O)N(CC#N)c1ccccc1. The van der Waals surface area contributed by atoms with Gasteiger partial charge >= 0.3 is 0 Å². The second kappa shape index (κ2) is 8.52. The molecular weight excluding hydrogens is 358 g/mol. The van der Waals surface area contributed by atoms with Crippen molar-refractivity contribution in [2.75, 3.05) is 17.2 Å². The van der Waals surface area contributed by atoms with Gasteiger partial charge in [-0.2, -0.15) is 5.26 Å². The first kappa shape index (κ1) is 18.7. The third-order valence-corrected chi connectivity index (χ3v) is 4.99. The lowest BCUT2D eigenvalue weighted by Crippen LogP contribution is -2.32. The predicted octanol–water partition coefficient (Wildman–Crippen LogP) is 3.53. The Hall–Kier alpha value is -3.11. The van der Waals surface area contributed by atoms with Crippen LogP contribution in [0.4, 0.5) is 5.69 Å². The molecule has 0 fully saturated rings. The molecule has 0 N–H and O–H groups in total. The standard InChI is InChI=1S/C20H19N5OS/c1-15-8-6-7-11-18(15)25-16(2)22-23-20(25)27-14-19(26)24(13-12-21)17-9-4-3-5-10-17/h3-11H,13-14H2,1-2H3. The molecule has 0 aliphatic rings. The Kier molecular flexibility index (Phi) is 5.89. The summed E-state index contributed by atoms with van der Waals surface area (Å²) < 4.78 is 1.95.